The van der Waals surface area contributed by atoms with Gasteiger partial charge in [-0.1, -0.05) is 29.8 Å². The van der Waals surface area contributed by atoms with Gasteiger partial charge in [-0.05, 0) is 37.3 Å². The summed E-state index contributed by atoms with van der Waals surface area (Å²) in [4.78, 5) is 12.3. The van der Waals surface area contributed by atoms with E-state index in [1.165, 1.54) is 24.3 Å². The Morgan fingerprint density at radius 1 is 1.23 bits per heavy atom. The molecule has 1 N–H and O–H groups in total. The van der Waals surface area contributed by atoms with Crippen molar-refractivity contribution < 1.29 is 17.9 Å². The van der Waals surface area contributed by atoms with Crippen molar-refractivity contribution in [3.8, 4) is 6.07 Å². The number of hydrogen-bond acceptors (Lipinski definition) is 5. The molecule has 0 spiro atoms. The Morgan fingerprint density at radius 2 is 1.88 bits per heavy atom. The molecule has 0 heterocycles. The molecule has 6 nitrogen and oxygen atoms in total. The number of esters is 1. The summed E-state index contributed by atoms with van der Waals surface area (Å²) in [6.07, 6.45) is -0.476. The molecule has 0 aromatic heterocycles. The van der Waals surface area contributed by atoms with E-state index in [9.17, 15) is 13.2 Å². The van der Waals surface area contributed by atoms with Crippen LogP contribution in [0.5, 0.6) is 0 Å². The van der Waals surface area contributed by atoms with Crippen LogP contribution in [0.1, 0.15) is 35.4 Å². The van der Waals surface area contributed by atoms with Gasteiger partial charge in [0.1, 0.15) is 6.10 Å². The lowest BCUT2D eigenvalue weighted by Crippen LogP contribution is -2.24. The number of sulfonamides is 1. The zero-order valence-corrected chi connectivity index (χ0v) is 15.5. The minimum atomic E-state index is -3.72. The molecule has 136 valence electrons. The zero-order chi connectivity index (χ0) is 19.2. The Balaban J connectivity index is 2.07. The SMILES string of the molecule is C[C@@H](OC(=O)c1ccc(S(=O)(=O)NCCC#N)cc1)c1ccccc1Cl. The highest BCUT2D eigenvalue weighted by atomic mass is 35.5. The van der Waals surface area contributed by atoms with Crippen molar-refractivity contribution in [1.29, 1.82) is 5.26 Å². The molecule has 0 radical (unpaired) electrons. The molecule has 1 atom stereocenters. The smallest absolute Gasteiger partial charge is 0.338 e. The largest absolute Gasteiger partial charge is 0.454 e. The number of rotatable bonds is 7. The minimum Gasteiger partial charge on any atom is -0.454 e. The molecule has 0 bridgehead atoms. The second-order valence-corrected chi connectivity index (χ2v) is 7.57. The highest BCUT2D eigenvalue weighted by molar-refractivity contribution is 7.89. The summed E-state index contributed by atoms with van der Waals surface area (Å²) in [5.74, 6) is -0.584. The molecule has 26 heavy (non-hydrogen) atoms. The van der Waals surface area contributed by atoms with Gasteiger partial charge in [-0.15, -0.1) is 0 Å². The van der Waals surface area contributed by atoms with Gasteiger partial charge >= 0.3 is 5.97 Å². The van der Waals surface area contributed by atoms with E-state index in [0.29, 0.717) is 10.6 Å². The zero-order valence-electron chi connectivity index (χ0n) is 14.0. The standard InChI is InChI=1S/C18H17ClN2O4S/c1-13(16-5-2-3-6-17(16)19)25-18(22)14-7-9-15(10-8-14)26(23,24)21-12-4-11-20/h2-3,5-10,13,21H,4,12H2,1H3/t13-/m1/s1. The number of nitrogens with one attached hydrogen (secondary N) is 1. The van der Waals surface area contributed by atoms with Gasteiger partial charge in [0.05, 0.1) is 16.5 Å². The van der Waals surface area contributed by atoms with Gasteiger partial charge in [-0.3, -0.25) is 0 Å². The normalized spacial score (nSPS) is 12.2. The quantitative estimate of drug-likeness (QED) is 0.575. The number of halogens is 1. The lowest BCUT2D eigenvalue weighted by molar-refractivity contribution is 0.0338. The first-order valence-electron chi connectivity index (χ1n) is 7.77. The van der Waals surface area contributed by atoms with Crippen LogP contribution in [0.25, 0.3) is 0 Å². The molecule has 0 fully saturated rings. The molecule has 0 saturated heterocycles. The van der Waals surface area contributed by atoms with Crippen LogP contribution in [-0.2, 0) is 14.8 Å². The van der Waals surface area contributed by atoms with Gasteiger partial charge in [-0.2, -0.15) is 5.26 Å². The molecule has 8 heteroatoms. The van der Waals surface area contributed by atoms with E-state index in [1.54, 1.807) is 31.2 Å². The Bertz CT molecular complexity index is 921. The summed E-state index contributed by atoms with van der Waals surface area (Å²) in [6, 6.07) is 14.3. The van der Waals surface area contributed by atoms with Gasteiger partial charge in [0, 0.05) is 23.6 Å². The monoisotopic (exact) mass is 392 g/mol. The molecule has 0 aliphatic heterocycles. The fourth-order valence-electron chi connectivity index (χ4n) is 2.19. The predicted octanol–water partition coefficient (Wildman–Crippen LogP) is 3.45. The van der Waals surface area contributed by atoms with Gasteiger partial charge in [0.25, 0.3) is 0 Å². The van der Waals surface area contributed by atoms with Crippen molar-refractivity contribution in [3.05, 3.63) is 64.7 Å². The average Bonchev–Trinajstić information content (AvgIpc) is 2.62. The third-order valence-electron chi connectivity index (χ3n) is 3.56. The van der Waals surface area contributed by atoms with E-state index >= 15 is 0 Å². The van der Waals surface area contributed by atoms with Crippen LogP contribution in [0.3, 0.4) is 0 Å². The van der Waals surface area contributed by atoms with Crippen molar-refractivity contribution >= 4 is 27.6 Å². The van der Waals surface area contributed by atoms with Gasteiger partial charge in [0.15, 0.2) is 0 Å². The van der Waals surface area contributed by atoms with Crippen LogP contribution < -0.4 is 4.72 Å². The van der Waals surface area contributed by atoms with Gasteiger partial charge < -0.3 is 4.74 Å². The fourth-order valence-corrected chi connectivity index (χ4v) is 3.51. The molecule has 2 aromatic rings. The lowest BCUT2D eigenvalue weighted by atomic mass is 10.1. The van der Waals surface area contributed by atoms with E-state index in [4.69, 9.17) is 21.6 Å². The second-order valence-electron chi connectivity index (χ2n) is 5.40. The number of nitriles is 1. The number of carbonyl (C=O) groups is 1. The number of hydrogen-bond donors (Lipinski definition) is 1. The maximum absolute atomic E-state index is 12.2. The summed E-state index contributed by atoms with van der Waals surface area (Å²) in [5.41, 5.74) is 0.906. The number of nitrogens with zero attached hydrogens (tertiary/aromatic N) is 1. The minimum absolute atomic E-state index is 0.00569. The van der Waals surface area contributed by atoms with Crippen molar-refractivity contribution in [1.82, 2.24) is 4.72 Å². The van der Waals surface area contributed by atoms with Crippen LogP contribution >= 0.6 is 11.6 Å². The average molecular weight is 393 g/mol. The fraction of sp³-hybridized carbons (Fsp3) is 0.222. The molecular weight excluding hydrogens is 376 g/mol. The molecule has 2 rings (SSSR count). The number of ether oxygens (including phenoxy) is 1. The maximum atomic E-state index is 12.2. The third-order valence-corrected chi connectivity index (χ3v) is 5.38. The first-order valence-corrected chi connectivity index (χ1v) is 9.63. The Hall–Kier alpha value is -2.40. The molecule has 0 saturated carbocycles. The van der Waals surface area contributed by atoms with Crippen molar-refractivity contribution in [2.45, 2.75) is 24.3 Å². The van der Waals surface area contributed by atoms with Crippen molar-refractivity contribution in [2.75, 3.05) is 6.54 Å². The van der Waals surface area contributed by atoms with E-state index in [0.717, 1.165) is 0 Å². The van der Waals surface area contributed by atoms with E-state index in [-0.39, 0.29) is 23.4 Å². The van der Waals surface area contributed by atoms with Crippen LogP contribution in [0.4, 0.5) is 0 Å². The van der Waals surface area contributed by atoms with Gasteiger partial charge in [0.2, 0.25) is 10.0 Å². The first kappa shape index (κ1) is 19.9. The van der Waals surface area contributed by atoms with Crippen molar-refractivity contribution in [2.24, 2.45) is 0 Å². The van der Waals surface area contributed by atoms with E-state index in [2.05, 4.69) is 4.72 Å². The predicted molar refractivity (Wildman–Crippen MR) is 97.1 cm³/mol. The number of carbonyl (C=O) groups excluding carboxylic acids is 1. The first-order chi connectivity index (χ1) is 12.3. The van der Waals surface area contributed by atoms with Crippen LogP contribution in [-0.4, -0.2) is 20.9 Å². The summed E-state index contributed by atoms with van der Waals surface area (Å²) in [6.45, 7) is 1.73. The molecule has 0 aliphatic carbocycles. The van der Waals surface area contributed by atoms with Crippen molar-refractivity contribution in [3.63, 3.8) is 0 Å². The third kappa shape index (κ3) is 5.05. The van der Waals surface area contributed by atoms with Crippen LogP contribution in [0, 0.1) is 11.3 Å². The highest BCUT2D eigenvalue weighted by Gasteiger charge is 2.18. The van der Waals surface area contributed by atoms with Gasteiger partial charge in [-0.25, -0.2) is 17.9 Å². The molecule has 0 amide bonds. The van der Waals surface area contributed by atoms with E-state index < -0.39 is 22.1 Å². The van der Waals surface area contributed by atoms with Crippen LogP contribution in [0.15, 0.2) is 53.4 Å². The molecule has 0 unspecified atom stereocenters. The highest BCUT2D eigenvalue weighted by Crippen LogP contribution is 2.26. The van der Waals surface area contributed by atoms with Crippen LogP contribution in [0.2, 0.25) is 5.02 Å². The Kier molecular flexibility index (Phi) is 6.75. The maximum Gasteiger partial charge on any atom is 0.338 e. The summed E-state index contributed by atoms with van der Waals surface area (Å²) in [7, 11) is -3.72. The number of benzene rings is 2. The molecule has 0 aliphatic rings. The Labute approximate surface area is 157 Å². The van der Waals surface area contributed by atoms with E-state index in [1.807, 2.05) is 6.07 Å². The topological polar surface area (TPSA) is 96.3 Å². The summed E-state index contributed by atoms with van der Waals surface area (Å²) < 4.78 is 31.8. The Morgan fingerprint density at radius 3 is 2.50 bits per heavy atom. The second kappa shape index (κ2) is 8.81. The summed E-state index contributed by atoms with van der Waals surface area (Å²) in [5, 5.41) is 8.96. The molecular formula is C18H17ClN2O4S. The molecule has 2 aromatic carbocycles. The summed E-state index contributed by atoms with van der Waals surface area (Å²) >= 11 is 6.09. The lowest BCUT2D eigenvalue weighted by Gasteiger charge is -2.15.